The van der Waals surface area contributed by atoms with Gasteiger partial charge >= 0.3 is 29.6 Å². The molecule has 0 radical (unpaired) electrons. The number of sulfone groups is 1. The molecule has 0 saturated carbocycles. The molecular formula is C14H17N6NaO6S3. The van der Waals surface area contributed by atoms with Gasteiger partial charge < -0.3 is 15.2 Å². The summed E-state index contributed by atoms with van der Waals surface area (Å²) in [6.07, 6.45) is 0.926. The molecule has 2 aliphatic heterocycles. The maximum Gasteiger partial charge on any atom is 1.00 e. The molecule has 3 atom stereocenters. The number of fused-ring (bicyclic) bond motifs is 1. The number of thioether (sulfide) groups is 2. The number of carboxylic acids is 1. The molecule has 1 fully saturated rings. The largest absolute Gasteiger partial charge is 1.00 e. The Bertz CT molecular complexity index is 1010. The maximum atomic E-state index is 12.5. The molecule has 1 aromatic heterocycles. The summed E-state index contributed by atoms with van der Waals surface area (Å²) < 4.78 is 24.5. The van der Waals surface area contributed by atoms with Gasteiger partial charge in [0.25, 0.3) is 5.91 Å². The van der Waals surface area contributed by atoms with Crippen LogP contribution in [-0.4, -0.2) is 85.7 Å². The van der Waals surface area contributed by atoms with E-state index in [2.05, 4.69) is 20.8 Å². The van der Waals surface area contributed by atoms with Gasteiger partial charge in [0.1, 0.15) is 16.7 Å². The Morgan fingerprint density at radius 2 is 2.10 bits per heavy atom. The van der Waals surface area contributed by atoms with Gasteiger partial charge in [0.05, 0.1) is 11.7 Å². The Morgan fingerprint density at radius 1 is 1.43 bits per heavy atom. The molecule has 1 aromatic rings. The molecule has 3 heterocycles. The normalized spacial score (nSPS) is 22.0. The van der Waals surface area contributed by atoms with Crippen LogP contribution in [0, 0.1) is 0 Å². The maximum absolute atomic E-state index is 12.5. The van der Waals surface area contributed by atoms with Gasteiger partial charge in [-0.1, -0.05) is 11.8 Å². The molecule has 1 saturated heterocycles. The number of hydrogen-bond acceptors (Lipinski definition) is 11. The summed E-state index contributed by atoms with van der Waals surface area (Å²) in [5.41, 5.74) is 0.241. The van der Waals surface area contributed by atoms with Gasteiger partial charge in [-0.2, -0.15) is 0 Å². The molecule has 0 spiro atoms. The van der Waals surface area contributed by atoms with Crippen molar-refractivity contribution in [2.24, 2.45) is 7.05 Å². The summed E-state index contributed by atoms with van der Waals surface area (Å²) in [5.74, 6) is -2.39. The van der Waals surface area contributed by atoms with Crippen LogP contribution in [0.25, 0.3) is 0 Å². The Kier molecular flexibility index (Phi) is 8.01. The predicted molar refractivity (Wildman–Crippen MR) is 101 cm³/mol. The minimum Gasteiger partial charge on any atom is -0.543 e. The first-order chi connectivity index (χ1) is 13.5. The average molecular weight is 485 g/mol. The SMILES string of the molecule is CC(C(=O)N[C@@H]1C(=O)N2C(C(=O)[O-])=C(CSc3nnnn3C)CS[C@H]12)S(C)(=O)=O.[Na+]. The van der Waals surface area contributed by atoms with Crippen LogP contribution in [-0.2, 0) is 31.3 Å². The van der Waals surface area contributed by atoms with Crippen LogP contribution in [0.15, 0.2) is 16.4 Å². The fourth-order valence-corrected chi connectivity index (χ4v) is 5.53. The van der Waals surface area contributed by atoms with E-state index in [0.717, 1.165) is 11.2 Å². The molecule has 30 heavy (non-hydrogen) atoms. The van der Waals surface area contributed by atoms with Crippen molar-refractivity contribution in [3.63, 3.8) is 0 Å². The molecule has 16 heteroatoms. The number of tetrazole rings is 1. The number of β-lactam (4-membered cyclic amide) rings is 1. The van der Waals surface area contributed by atoms with E-state index in [9.17, 15) is 27.9 Å². The Balaban J connectivity index is 0.00000320. The second kappa shape index (κ2) is 9.56. The first-order valence-electron chi connectivity index (χ1n) is 8.24. The predicted octanol–water partition coefficient (Wildman–Crippen LogP) is -5.86. The van der Waals surface area contributed by atoms with Crippen LogP contribution in [0.2, 0.25) is 0 Å². The Morgan fingerprint density at radius 3 is 2.63 bits per heavy atom. The van der Waals surface area contributed by atoms with E-state index in [4.69, 9.17) is 0 Å². The van der Waals surface area contributed by atoms with Gasteiger partial charge in [-0.05, 0) is 22.9 Å². The number of aryl methyl sites for hydroxylation is 1. The minimum absolute atomic E-state index is 0. The van der Waals surface area contributed by atoms with Gasteiger partial charge in [-0.25, -0.2) is 13.1 Å². The zero-order valence-corrected chi connectivity index (χ0v) is 21.0. The summed E-state index contributed by atoms with van der Waals surface area (Å²) in [7, 11) is -1.98. The topological polar surface area (TPSA) is 167 Å². The van der Waals surface area contributed by atoms with Crippen molar-refractivity contribution < 1.29 is 57.5 Å². The summed E-state index contributed by atoms with van der Waals surface area (Å²) in [6, 6.07) is -0.997. The average Bonchev–Trinajstić information content (AvgIpc) is 3.06. The van der Waals surface area contributed by atoms with Crippen molar-refractivity contribution in [3.8, 4) is 0 Å². The third-order valence-corrected chi connectivity index (χ3v) is 8.44. The number of nitrogens with one attached hydrogen (secondary N) is 1. The fourth-order valence-electron chi connectivity index (χ4n) is 2.74. The third-order valence-electron chi connectivity index (χ3n) is 4.51. The van der Waals surface area contributed by atoms with Crippen molar-refractivity contribution in [2.45, 2.75) is 28.7 Å². The number of carbonyl (C=O) groups is 3. The van der Waals surface area contributed by atoms with Gasteiger partial charge in [0, 0.05) is 24.8 Å². The quantitative estimate of drug-likeness (QED) is 0.222. The summed E-state index contributed by atoms with van der Waals surface area (Å²) >= 11 is 2.50. The summed E-state index contributed by atoms with van der Waals surface area (Å²) in [5, 5.41) is 23.6. The van der Waals surface area contributed by atoms with Gasteiger partial charge in [-0.15, -0.1) is 16.9 Å². The van der Waals surface area contributed by atoms with Crippen LogP contribution < -0.4 is 40.0 Å². The molecule has 158 valence electrons. The molecule has 2 aliphatic rings. The van der Waals surface area contributed by atoms with Crippen molar-refractivity contribution in [2.75, 3.05) is 17.8 Å². The summed E-state index contributed by atoms with van der Waals surface area (Å²) in [4.78, 5) is 37.4. The Hall–Kier alpha value is -1.13. The minimum atomic E-state index is -3.62. The third kappa shape index (κ3) is 4.85. The van der Waals surface area contributed by atoms with Crippen LogP contribution in [0.1, 0.15) is 6.92 Å². The van der Waals surface area contributed by atoms with Crippen LogP contribution in [0.3, 0.4) is 0 Å². The zero-order valence-electron chi connectivity index (χ0n) is 16.6. The second-order valence-corrected chi connectivity index (χ2v) is 10.9. The fraction of sp³-hybridized carbons (Fsp3) is 0.571. The van der Waals surface area contributed by atoms with E-state index in [1.807, 2.05) is 0 Å². The number of aliphatic carboxylic acids is 1. The van der Waals surface area contributed by atoms with Crippen LogP contribution in [0.4, 0.5) is 0 Å². The monoisotopic (exact) mass is 484 g/mol. The zero-order chi connectivity index (χ0) is 21.5. The molecule has 0 bridgehead atoms. The molecule has 0 aromatic carbocycles. The molecule has 1 unspecified atom stereocenters. The van der Waals surface area contributed by atoms with Crippen molar-refractivity contribution in [3.05, 3.63) is 11.3 Å². The first kappa shape index (κ1) is 25.1. The number of nitrogens with zero attached hydrogens (tertiary/aromatic N) is 5. The van der Waals surface area contributed by atoms with Crippen LogP contribution >= 0.6 is 23.5 Å². The Labute approximate surface area is 202 Å². The van der Waals surface area contributed by atoms with E-state index < -0.39 is 44.3 Å². The van der Waals surface area contributed by atoms with E-state index in [1.54, 1.807) is 7.05 Å². The number of carboxylic acid groups (broad SMARTS) is 1. The van der Waals surface area contributed by atoms with Gasteiger partial charge in [0.2, 0.25) is 11.1 Å². The standard InChI is InChI=1S/C14H18N6O6S3.Na/c1-6(29(3,25)26)10(21)15-8-11(22)20-9(13(23)24)7(4-27-12(8)20)5-28-14-16-17-18-19(14)2;/h6,8,12H,4-5H2,1-3H3,(H,15,21)(H,23,24);/q;+1/p-1/t6?,8-,12-;/m1./s1. The molecule has 1 N–H and O–H groups in total. The number of carbonyl (C=O) groups excluding carboxylic acids is 3. The molecule has 2 amide bonds. The number of rotatable bonds is 7. The smallest absolute Gasteiger partial charge is 0.543 e. The first-order valence-corrected chi connectivity index (χ1v) is 12.2. The van der Waals surface area contributed by atoms with Crippen molar-refractivity contribution in [1.29, 1.82) is 0 Å². The molecule has 0 aliphatic carbocycles. The second-order valence-electron chi connectivity index (χ2n) is 6.48. The molecule has 12 nitrogen and oxygen atoms in total. The summed E-state index contributed by atoms with van der Waals surface area (Å²) in [6.45, 7) is 1.22. The van der Waals surface area contributed by atoms with E-state index in [0.29, 0.717) is 16.5 Å². The van der Waals surface area contributed by atoms with Gasteiger partial charge in [0.15, 0.2) is 9.84 Å². The van der Waals surface area contributed by atoms with E-state index in [1.165, 1.54) is 35.1 Å². The number of amides is 2. The van der Waals surface area contributed by atoms with E-state index >= 15 is 0 Å². The van der Waals surface area contributed by atoms with Crippen molar-refractivity contribution in [1.82, 2.24) is 30.4 Å². The number of aromatic nitrogens is 4. The van der Waals surface area contributed by atoms with Crippen molar-refractivity contribution >= 4 is 51.1 Å². The van der Waals surface area contributed by atoms with E-state index in [-0.39, 0.29) is 41.0 Å². The molecule has 3 rings (SSSR count). The number of hydrogen-bond donors (Lipinski definition) is 1. The van der Waals surface area contributed by atoms with Crippen LogP contribution in [0.5, 0.6) is 0 Å². The molecular weight excluding hydrogens is 467 g/mol. The van der Waals surface area contributed by atoms with Gasteiger partial charge in [-0.3, -0.25) is 14.5 Å².